The molecule has 6 heteroatoms. The molecule has 152 valence electrons. The second-order valence-corrected chi connectivity index (χ2v) is 9.01. The number of nitrogens with one attached hydrogen (secondary N) is 1. The van der Waals surface area contributed by atoms with E-state index in [2.05, 4.69) is 30.7 Å². The number of hydrogen-bond acceptors (Lipinski definition) is 3. The number of hydrogen-bond donors (Lipinski definition) is 2. The lowest BCUT2D eigenvalue weighted by Gasteiger charge is -2.40. The van der Waals surface area contributed by atoms with Crippen LogP contribution in [-0.2, 0) is 0 Å². The fourth-order valence-electron chi connectivity index (χ4n) is 4.84. The molecule has 1 aromatic heterocycles. The van der Waals surface area contributed by atoms with Gasteiger partial charge >= 0.3 is 5.97 Å². The number of fused-ring (bicyclic) bond motifs is 1. The molecule has 1 fully saturated rings. The van der Waals surface area contributed by atoms with Crippen molar-refractivity contribution in [2.24, 2.45) is 11.3 Å². The van der Waals surface area contributed by atoms with Gasteiger partial charge in [0.1, 0.15) is 5.82 Å². The predicted molar refractivity (Wildman–Crippen MR) is 112 cm³/mol. The van der Waals surface area contributed by atoms with Crippen LogP contribution in [0, 0.1) is 17.2 Å². The van der Waals surface area contributed by atoms with Crippen LogP contribution in [0.4, 0.5) is 16.0 Å². The minimum atomic E-state index is -0.970. The van der Waals surface area contributed by atoms with Crippen molar-refractivity contribution in [1.29, 1.82) is 0 Å². The van der Waals surface area contributed by atoms with E-state index in [4.69, 9.17) is 4.98 Å². The molecule has 1 aliphatic carbocycles. The van der Waals surface area contributed by atoms with Gasteiger partial charge in [-0.05, 0) is 73.1 Å². The molecule has 1 saturated carbocycles. The Morgan fingerprint density at radius 2 is 1.93 bits per heavy atom. The Kier molecular flexibility index (Phi) is 4.81. The maximum Gasteiger partial charge on any atom is 0.335 e. The van der Waals surface area contributed by atoms with Crippen LogP contribution in [0.25, 0.3) is 11.0 Å². The monoisotopic (exact) mass is 395 g/mol. The number of carbonyl (C=O) groups is 1. The van der Waals surface area contributed by atoms with Crippen molar-refractivity contribution in [2.45, 2.75) is 46.1 Å². The molecule has 5 nitrogen and oxygen atoms in total. The number of imidazole rings is 1. The number of carboxylic acids is 1. The van der Waals surface area contributed by atoms with Crippen LogP contribution in [0.5, 0.6) is 0 Å². The number of nitrogens with zero attached hydrogens (tertiary/aromatic N) is 2. The van der Waals surface area contributed by atoms with Crippen LogP contribution in [0.1, 0.15) is 56.4 Å². The lowest BCUT2D eigenvalue weighted by molar-refractivity contribution is 0.0697. The summed E-state index contributed by atoms with van der Waals surface area (Å²) < 4.78 is 15.5. The van der Waals surface area contributed by atoms with E-state index in [0.717, 1.165) is 24.0 Å². The lowest BCUT2D eigenvalue weighted by atomic mass is 9.70. The van der Waals surface area contributed by atoms with E-state index in [1.54, 1.807) is 24.3 Å². The van der Waals surface area contributed by atoms with Crippen molar-refractivity contribution in [1.82, 2.24) is 9.55 Å². The van der Waals surface area contributed by atoms with Crippen molar-refractivity contribution in [3.63, 3.8) is 0 Å². The van der Waals surface area contributed by atoms with Gasteiger partial charge in [0.2, 0.25) is 5.95 Å². The molecule has 3 aromatic rings. The summed E-state index contributed by atoms with van der Waals surface area (Å²) >= 11 is 0. The second-order valence-electron chi connectivity index (χ2n) is 9.01. The molecule has 0 amide bonds. The van der Waals surface area contributed by atoms with Gasteiger partial charge in [-0.25, -0.2) is 14.2 Å². The summed E-state index contributed by atoms with van der Waals surface area (Å²) in [5.74, 6) is -0.0258. The Bertz CT molecular complexity index is 1060. The molecule has 2 unspecified atom stereocenters. The highest BCUT2D eigenvalue weighted by molar-refractivity contribution is 5.93. The number of carboxylic acid groups (broad SMARTS) is 1. The molecule has 0 spiro atoms. The predicted octanol–water partition coefficient (Wildman–Crippen LogP) is 6.00. The minimum Gasteiger partial charge on any atom is -0.478 e. The Morgan fingerprint density at radius 3 is 2.59 bits per heavy atom. The lowest BCUT2D eigenvalue weighted by Crippen LogP contribution is -2.29. The maximum absolute atomic E-state index is 13.3. The summed E-state index contributed by atoms with van der Waals surface area (Å²) in [6, 6.07) is 11.5. The molecular weight excluding hydrogens is 369 g/mol. The third kappa shape index (κ3) is 3.97. The number of rotatable bonds is 4. The van der Waals surface area contributed by atoms with E-state index in [1.807, 2.05) is 6.07 Å². The molecule has 29 heavy (non-hydrogen) atoms. The number of aromatic nitrogens is 2. The Morgan fingerprint density at radius 1 is 1.21 bits per heavy atom. The fraction of sp³-hybridized carbons (Fsp3) is 0.391. The molecular formula is C23H26FN3O2. The number of halogens is 1. The summed E-state index contributed by atoms with van der Waals surface area (Å²) in [5.41, 5.74) is 2.73. The molecule has 2 atom stereocenters. The van der Waals surface area contributed by atoms with Crippen LogP contribution in [0.15, 0.2) is 42.5 Å². The maximum atomic E-state index is 13.3. The van der Waals surface area contributed by atoms with Gasteiger partial charge in [-0.15, -0.1) is 0 Å². The zero-order valence-corrected chi connectivity index (χ0v) is 16.9. The minimum absolute atomic E-state index is 0.215. The van der Waals surface area contributed by atoms with Crippen LogP contribution < -0.4 is 5.32 Å². The summed E-state index contributed by atoms with van der Waals surface area (Å²) in [4.78, 5) is 16.1. The highest BCUT2D eigenvalue weighted by Crippen LogP contribution is 2.46. The highest BCUT2D eigenvalue weighted by atomic mass is 19.1. The molecule has 2 N–H and O–H groups in total. The zero-order chi connectivity index (χ0) is 20.8. The Balaban J connectivity index is 1.82. The molecule has 4 rings (SSSR count). The van der Waals surface area contributed by atoms with Crippen molar-refractivity contribution in [3.05, 3.63) is 53.8 Å². The fourth-order valence-corrected chi connectivity index (χ4v) is 4.84. The molecule has 1 heterocycles. The van der Waals surface area contributed by atoms with Gasteiger partial charge in [0, 0.05) is 11.7 Å². The Hall–Kier alpha value is -2.89. The van der Waals surface area contributed by atoms with E-state index in [0.29, 0.717) is 17.4 Å². The molecule has 0 bridgehead atoms. The average Bonchev–Trinajstić information content (AvgIpc) is 2.98. The SMILES string of the molecule is CC1CC(n2c(Nc3ccc(F)cc3)nc3cc(C(=O)O)ccc32)CC(C)(C)C1. The number of benzene rings is 2. The summed E-state index contributed by atoms with van der Waals surface area (Å²) in [6.07, 6.45) is 3.23. The first-order valence-electron chi connectivity index (χ1n) is 10.00. The van der Waals surface area contributed by atoms with Gasteiger partial charge in [-0.3, -0.25) is 0 Å². The van der Waals surface area contributed by atoms with Crippen LogP contribution in [-0.4, -0.2) is 20.6 Å². The van der Waals surface area contributed by atoms with E-state index < -0.39 is 5.97 Å². The number of aromatic carboxylic acids is 1. The normalized spacial score (nSPS) is 21.2. The molecule has 2 aromatic carbocycles. The third-order valence-electron chi connectivity index (χ3n) is 5.77. The first-order chi connectivity index (χ1) is 13.7. The van der Waals surface area contributed by atoms with Gasteiger partial charge < -0.3 is 15.0 Å². The first-order valence-corrected chi connectivity index (χ1v) is 10.00. The van der Waals surface area contributed by atoms with Crippen LogP contribution in [0.3, 0.4) is 0 Å². The van der Waals surface area contributed by atoms with Crippen LogP contribution in [0.2, 0.25) is 0 Å². The highest BCUT2D eigenvalue weighted by Gasteiger charge is 2.34. The summed E-state index contributed by atoms with van der Waals surface area (Å²) in [5, 5.41) is 12.7. The van der Waals surface area contributed by atoms with Gasteiger partial charge in [-0.2, -0.15) is 0 Å². The van der Waals surface area contributed by atoms with E-state index in [9.17, 15) is 14.3 Å². The van der Waals surface area contributed by atoms with E-state index >= 15 is 0 Å². The smallest absolute Gasteiger partial charge is 0.335 e. The van der Waals surface area contributed by atoms with Gasteiger partial charge in [0.15, 0.2) is 0 Å². The summed E-state index contributed by atoms with van der Waals surface area (Å²) in [6.45, 7) is 6.87. The van der Waals surface area contributed by atoms with Gasteiger partial charge in [-0.1, -0.05) is 20.8 Å². The van der Waals surface area contributed by atoms with Crippen molar-refractivity contribution in [2.75, 3.05) is 5.32 Å². The van der Waals surface area contributed by atoms with E-state index in [1.165, 1.54) is 18.6 Å². The average molecular weight is 395 g/mol. The van der Waals surface area contributed by atoms with Gasteiger partial charge in [0.05, 0.1) is 16.6 Å². The summed E-state index contributed by atoms with van der Waals surface area (Å²) in [7, 11) is 0. The van der Waals surface area contributed by atoms with Crippen molar-refractivity contribution in [3.8, 4) is 0 Å². The Labute approximate surface area is 169 Å². The largest absolute Gasteiger partial charge is 0.478 e. The topological polar surface area (TPSA) is 67.2 Å². The molecule has 1 aliphatic rings. The molecule has 0 aliphatic heterocycles. The van der Waals surface area contributed by atoms with Gasteiger partial charge in [0.25, 0.3) is 0 Å². The number of anilines is 2. The zero-order valence-electron chi connectivity index (χ0n) is 16.9. The molecule has 0 radical (unpaired) electrons. The quantitative estimate of drug-likeness (QED) is 0.568. The third-order valence-corrected chi connectivity index (χ3v) is 5.77. The first kappa shape index (κ1) is 19.4. The van der Waals surface area contributed by atoms with E-state index in [-0.39, 0.29) is 22.8 Å². The second kappa shape index (κ2) is 7.17. The van der Waals surface area contributed by atoms with Crippen LogP contribution >= 0.6 is 0 Å². The van der Waals surface area contributed by atoms with Crippen molar-refractivity contribution < 1.29 is 14.3 Å². The molecule has 0 saturated heterocycles. The van der Waals surface area contributed by atoms with Crippen molar-refractivity contribution >= 4 is 28.6 Å². The standard InChI is InChI=1S/C23H26FN3O2/c1-14-10-18(13-23(2,3)12-14)27-20-9-4-15(21(28)29)11-19(20)26-22(27)25-17-7-5-16(24)6-8-17/h4-9,11,14,18H,10,12-13H2,1-3H3,(H,25,26)(H,28,29).